The van der Waals surface area contributed by atoms with Gasteiger partial charge in [-0.3, -0.25) is 4.79 Å². The first-order valence-corrected chi connectivity index (χ1v) is 9.55. The highest BCUT2D eigenvalue weighted by atomic mass is 19.1. The second kappa shape index (κ2) is 9.41. The molecule has 156 valence electrons. The van der Waals surface area contributed by atoms with Crippen molar-refractivity contribution >= 4 is 12.0 Å². The van der Waals surface area contributed by atoms with Gasteiger partial charge in [0.15, 0.2) is 6.29 Å². The van der Waals surface area contributed by atoms with Gasteiger partial charge in [0.25, 0.3) is 0 Å². The first kappa shape index (κ1) is 21.3. The number of halogens is 1. The Hall–Kier alpha value is -3.38. The van der Waals surface area contributed by atoms with Crippen LogP contribution in [0.1, 0.15) is 22.7 Å². The van der Waals surface area contributed by atoms with E-state index in [4.69, 9.17) is 9.47 Å². The summed E-state index contributed by atoms with van der Waals surface area (Å²) in [6, 6.07) is 20.5. The predicted molar refractivity (Wildman–Crippen MR) is 115 cm³/mol. The molecule has 1 atom stereocenters. The number of anilines is 1. The van der Waals surface area contributed by atoms with Crippen LogP contribution in [-0.4, -0.2) is 26.5 Å². The van der Waals surface area contributed by atoms with Gasteiger partial charge in [-0.15, -0.1) is 0 Å². The number of carbonyl (C=O) groups is 1. The minimum Gasteiger partial charge on any atom is -0.497 e. The molecule has 0 fully saturated rings. The fourth-order valence-corrected chi connectivity index (χ4v) is 3.88. The van der Waals surface area contributed by atoms with Gasteiger partial charge in [0, 0.05) is 12.2 Å². The molecule has 0 aromatic heterocycles. The number of ether oxygens (including phenoxy) is 2. The average molecular weight is 408 g/mol. The molecule has 6 heteroatoms. The third-order valence-electron chi connectivity index (χ3n) is 5.25. The minimum atomic E-state index is -0.246. The number of rotatable bonds is 6. The summed E-state index contributed by atoms with van der Waals surface area (Å²) in [6.45, 7) is 0.840. The molecule has 0 aliphatic carbocycles. The van der Waals surface area contributed by atoms with Gasteiger partial charge in [-0.1, -0.05) is 18.2 Å². The van der Waals surface area contributed by atoms with Crippen molar-refractivity contribution in [3.63, 3.8) is 0 Å². The normalized spacial score (nSPS) is 15.0. The van der Waals surface area contributed by atoms with Gasteiger partial charge in [-0.25, -0.2) is 4.39 Å². The van der Waals surface area contributed by atoms with E-state index in [1.165, 1.54) is 23.3 Å². The van der Waals surface area contributed by atoms with Crippen LogP contribution in [0.3, 0.4) is 0 Å². The summed E-state index contributed by atoms with van der Waals surface area (Å²) in [5, 5.41) is 0. The molecular weight excluding hydrogens is 383 g/mol. The van der Waals surface area contributed by atoms with Gasteiger partial charge < -0.3 is 20.5 Å². The highest BCUT2D eigenvalue weighted by molar-refractivity contribution is 5.57. The van der Waals surface area contributed by atoms with Crippen LogP contribution in [0.4, 0.5) is 10.1 Å². The third kappa shape index (κ3) is 4.28. The number of methoxy groups -OCH3 is 1. The van der Waals surface area contributed by atoms with E-state index < -0.39 is 0 Å². The van der Waals surface area contributed by atoms with Crippen LogP contribution in [0, 0.1) is 5.82 Å². The maximum absolute atomic E-state index is 13.5. The van der Waals surface area contributed by atoms with Crippen LogP contribution in [0.15, 0.2) is 66.7 Å². The summed E-state index contributed by atoms with van der Waals surface area (Å²) in [5.41, 5.74) is 4.51. The summed E-state index contributed by atoms with van der Waals surface area (Å²) in [5.74, 6) is 1.25. The molecule has 4 rings (SSSR count). The smallest absolute Gasteiger partial charge is 0.157 e. The predicted octanol–water partition coefficient (Wildman–Crippen LogP) is 4.73. The van der Waals surface area contributed by atoms with Crippen LogP contribution in [0.25, 0.3) is 0 Å². The maximum atomic E-state index is 13.5. The van der Waals surface area contributed by atoms with Crippen LogP contribution >= 0.6 is 0 Å². The fourth-order valence-electron chi connectivity index (χ4n) is 3.88. The Bertz CT molecular complexity index is 990. The maximum Gasteiger partial charge on any atom is 0.157 e. The monoisotopic (exact) mass is 408 g/mol. The van der Waals surface area contributed by atoms with Gasteiger partial charge >= 0.3 is 0 Å². The Morgan fingerprint density at radius 3 is 2.40 bits per heavy atom. The minimum absolute atomic E-state index is 0. The molecular formula is C24H25FN2O3. The van der Waals surface area contributed by atoms with Crippen molar-refractivity contribution in [3.05, 3.63) is 89.2 Å². The van der Waals surface area contributed by atoms with E-state index in [-0.39, 0.29) is 24.6 Å². The van der Waals surface area contributed by atoms with Crippen molar-refractivity contribution < 1.29 is 18.7 Å². The molecule has 1 aliphatic heterocycles. The summed E-state index contributed by atoms with van der Waals surface area (Å²) in [4.78, 5) is 12.8. The third-order valence-corrected chi connectivity index (χ3v) is 5.25. The summed E-state index contributed by atoms with van der Waals surface area (Å²) in [6.07, 6.45) is 1.61. The van der Waals surface area contributed by atoms with E-state index in [0.717, 1.165) is 36.3 Å². The van der Waals surface area contributed by atoms with Crippen molar-refractivity contribution in [2.24, 2.45) is 0 Å². The second-order valence-corrected chi connectivity index (χ2v) is 6.93. The zero-order valence-corrected chi connectivity index (χ0v) is 16.9. The Morgan fingerprint density at radius 2 is 1.73 bits per heavy atom. The van der Waals surface area contributed by atoms with Gasteiger partial charge in [-0.05, 0) is 71.6 Å². The lowest BCUT2D eigenvalue weighted by Gasteiger charge is -2.39. The average Bonchev–Trinajstić information content (AvgIpc) is 2.77. The molecule has 1 heterocycles. The molecule has 1 aliphatic rings. The molecule has 0 amide bonds. The van der Waals surface area contributed by atoms with E-state index in [0.29, 0.717) is 5.75 Å². The fraction of sp³-hybridized carbons (Fsp3) is 0.208. The summed E-state index contributed by atoms with van der Waals surface area (Å²) < 4.78 is 24.3. The number of nitrogens with zero attached hydrogens (tertiary/aromatic N) is 1. The molecule has 30 heavy (non-hydrogen) atoms. The molecule has 3 aromatic carbocycles. The van der Waals surface area contributed by atoms with Gasteiger partial charge in [0.05, 0.1) is 13.2 Å². The number of hydrogen-bond acceptors (Lipinski definition) is 5. The first-order valence-electron chi connectivity index (χ1n) is 9.55. The second-order valence-electron chi connectivity index (χ2n) is 6.93. The molecule has 3 aromatic rings. The van der Waals surface area contributed by atoms with Crippen LogP contribution < -0.4 is 20.5 Å². The number of hydrogen-bond donors (Lipinski definition) is 1. The summed E-state index contributed by atoms with van der Waals surface area (Å²) >= 11 is 0. The van der Waals surface area contributed by atoms with E-state index in [1.54, 1.807) is 7.11 Å². The summed E-state index contributed by atoms with van der Waals surface area (Å²) in [7, 11) is 1.67. The molecule has 3 N–H and O–H groups in total. The van der Waals surface area contributed by atoms with E-state index in [9.17, 15) is 9.18 Å². The van der Waals surface area contributed by atoms with Gasteiger partial charge in [-0.2, -0.15) is 0 Å². The topological polar surface area (TPSA) is 73.8 Å². The van der Waals surface area contributed by atoms with Crippen LogP contribution in [0.5, 0.6) is 11.5 Å². The van der Waals surface area contributed by atoms with Crippen molar-refractivity contribution in [3.8, 4) is 11.5 Å². The van der Waals surface area contributed by atoms with E-state index >= 15 is 0 Å². The van der Waals surface area contributed by atoms with Crippen molar-refractivity contribution in [2.45, 2.75) is 12.5 Å². The van der Waals surface area contributed by atoms with Crippen molar-refractivity contribution in [1.29, 1.82) is 0 Å². The zero-order valence-electron chi connectivity index (χ0n) is 16.9. The molecule has 0 radical (unpaired) electrons. The van der Waals surface area contributed by atoms with E-state index in [1.807, 2.05) is 42.5 Å². The Morgan fingerprint density at radius 1 is 1.03 bits per heavy atom. The standard InChI is InChI=1S/C24H22FNO3.H3N/c1-28-22-10-11-23-18(16-22)12-13-26(20-6-4-19(25)5-7-20)24(23)17-2-8-21(9-3-17)29-15-14-27;/h2-11,14,16,24H,12-13,15H2,1H3;1H3. The molecule has 0 bridgehead atoms. The molecule has 5 nitrogen and oxygen atoms in total. The Labute approximate surface area is 175 Å². The number of benzene rings is 3. The number of carbonyl (C=O) groups excluding carboxylic acids is 1. The molecule has 0 spiro atoms. The molecule has 1 unspecified atom stereocenters. The SMILES string of the molecule is COc1ccc2c(c1)CCN(c1ccc(F)cc1)C2c1ccc(OCC=O)cc1.N. The highest BCUT2D eigenvalue weighted by Crippen LogP contribution is 2.39. The quantitative estimate of drug-likeness (QED) is 0.597. The van der Waals surface area contributed by atoms with Crippen molar-refractivity contribution in [1.82, 2.24) is 6.15 Å². The van der Waals surface area contributed by atoms with Gasteiger partial charge in [0.1, 0.15) is 23.9 Å². The Kier molecular flexibility index (Phi) is 6.69. The van der Waals surface area contributed by atoms with Crippen molar-refractivity contribution in [2.75, 3.05) is 25.2 Å². The van der Waals surface area contributed by atoms with Crippen LogP contribution in [0.2, 0.25) is 0 Å². The largest absolute Gasteiger partial charge is 0.497 e. The lowest BCUT2D eigenvalue weighted by atomic mass is 9.87. The van der Waals surface area contributed by atoms with E-state index in [2.05, 4.69) is 17.0 Å². The van der Waals surface area contributed by atoms with Crippen LogP contribution in [-0.2, 0) is 11.2 Å². The lowest BCUT2D eigenvalue weighted by molar-refractivity contribution is -0.109. The Balaban J connectivity index is 0.00000256. The highest BCUT2D eigenvalue weighted by Gasteiger charge is 2.29. The lowest BCUT2D eigenvalue weighted by Crippen LogP contribution is -2.36. The first-order chi connectivity index (χ1) is 14.2. The van der Waals surface area contributed by atoms with Gasteiger partial charge in [0.2, 0.25) is 0 Å². The molecule has 0 saturated heterocycles. The number of fused-ring (bicyclic) bond motifs is 1. The molecule has 0 saturated carbocycles. The zero-order chi connectivity index (χ0) is 20.2. The number of aldehydes is 1.